The Morgan fingerprint density at radius 1 is 0.400 bits per heavy atom. The normalized spacial score (nSPS) is 17.5. The maximum Gasteiger partial charge on any atom is 0.272 e. The molecule has 0 radical (unpaired) electrons. The zero-order valence-corrected chi connectivity index (χ0v) is 48.3. The molecular weight excluding hydrogens is 1010 g/mol. The standard InChI is InChI=1S/C66H78N4O10/c1-63(2,3)49-29-41-25-45-33-51(65(7,8)9)35-47-27-43-31-50(64(4,5)6)32-44(56(43)72)28-48-36-52(66(10,11)12)34-46(26-42(30-49)55(41)71)60(48)80-24-22-78-54-19-15-40(16-20-54)38-68-70-62(76)58(74)57(73)61(75)69-67-37-39-13-17-53(18-14-39)77-21-23-79-59(45)47/h13-20,29-38,57-58,71-74H,21-28H2,1-12H3,(H,69,75)(H,70,76)/b67-37-,68-38?. The van der Waals surface area contributed by atoms with E-state index in [-0.39, 0.29) is 59.6 Å². The van der Waals surface area contributed by atoms with E-state index in [1.54, 1.807) is 48.5 Å². The van der Waals surface area contributed by atoms with Crippen molar-refractivity contribution in [2.75, 3.05) is 26.4 Å². The fourth-order valence-corrected chi connectivity index (χ4v) is 9.68. The van der Waals surface area contributed by atoms with Crippen LogP contribution >= 0.6 is 0 Å². The molecule has 422 valence electrons. The molecule has 6 aliphatic rings. The van der Waals surface area contributed by atoms with Crippen molar-refractivity contribution in [3.05, 3.63) is 175 Å². The van der Waals surface area contributed by atoms with Gasteiger partial charge in [-0.1, -0.05) is 132 Å². The van der Waals surface area contributed by atoms with E-state index in [2.05, 4.69) is 153 Å². The molecule has 80 heavy (non-hydrogen) atoms. The summed E-state index contributed by atoms with van der Waals surface area (Å²) in [5.74, 6) is 0.593. The first kappa shape index (κ1) is 58.5. The van der Waals surface area contributed by atoms with Crippen LogP contribution in [0.5, 0.6) is 34.5 Å². The Labute approximate surface area is 470 Å². The number of hydrazone groups is 2. The zero-order chi connectivity index (χ0) is 57.9. The van der Waals surface area contributed by atoms with Gasteiger partial charge < -0.3 is 39.4 Å². The molecular formula is C66H78N4O10. The predicted molar refractivity (Wildman–Crippen MR) is 313 cm³/mol. The highest BCUT2D eigenvalue weighted by Crippen LogP contribution is 2.44. The van der Waals surface area contributed by atoms with Gasteiger partial charge in [0.2, 0.25) is 0 Å². The molecule has 0 fully saturated rings. The Hall–Kier alpha value is -7.68. The molecule has 0 saturated heterocycles. The summed E-state index contributed by atoms with van der Waals surface area (Å²) in [6.45, 7) is 26.9. The quantitative estimate of drug-likeness (QED) is 0.0849. The molecule has 12 rings (SSSR count). The first-order chi connectivity index (χ1) is 37.6. The number of amides is 2. The molecule has 5 aliphatic heterocycles. The number of aliphatic hydroxyl groups excluding tert-OH is 2. The monoisotopic (exact) mass is 1090 g/mol. The van der Waals surface area contributed by atoms with Crippen LogP contribution in [0.3, 0.4) is 0 Å². The lowest BCUT2D eigenvalue weighted by molar-refractivity contribution is -0.146. The molecule has 1 aliphatic carbocycles. The molecule has 6 aromatic carbocycles. The van der Waals surface area contributed by atoms with E-state index in [4.69, 9.17) is 18.9 Å². The lowest BCUT2D eigenvalue weighted by Crippen LogP contribution is -2.47. The first-order valence-electron chi connectivity index (χ1n) is 27.4. The van der Waals surface area contributed by atoms with E-state index in [9.17, 15) is 30.0 Å². The van der Waals surface area contributed by atoms with Crippen molar-refractivity contribution in [1.82, 2.24) is 10.9 Å². The molecule has 6 N–H and O–H groups in total. The Morgan fingerprint density at radius 2 is 0.650 bits per heavy atom. The summed E-state index contributed by atoms with van der Waals surface area (Å²) in [5, 5.41) is 54.2. The van der Waals surface area contributed by atoms with Gasteiger partial charge in [0.05, 0.1) is 12.4 Å². The van der Waals surface area contributed by atoms with Crippen LogP contribution in [0.1, 0.15) is 161 Å². The van der Waals surface area contributed by atoms with Crippen LogP contribution in [-0.4, -0.2) is 83.3 Å². The number of carbonyl (C=O) groups excluding carboxylic acids is 2. The highest BCUT2D eigenvalue weighted by molar-refractivity contribution is 5.92. The number of fused-ring (bicyclic) bond motifs is 1. The van der Waals surface area contributed by atoms with Gasteiger partial charge in [-0.3, -0.25) is 9.59 Å². The van der Waals surface area contributed by atoms with Crippen LogP contribution < -0.4 is 29.8 Å². The van der Waals surface area contributed by atoms with Crippen molar-refractivity contribution >= 4 is 24.2 Å². The minimum Gasteiger partial charge on any atom is -0.507 e. The van der Waals surface area contributed by atoms with Crippen LogP contribution in [0.15, 0.2) is 107 Å². The third-order valence-corrected chi connectivity index (χ3v) is 14.6. The average molecular weight is 1090 g/mol. The third kappa shape index (κ3) is 14.2. The van der Waals surface area contributed by atoms with Crippen LogP contribution in [0, 0.1) is 0 Å². The number of phenols is 2. The van der Waals surface area contributed by atoms with E-state index < -0.39 is 24.0 Å². The number of nitrogens with zero attached hydrogens (tertiary/aromatic N) is 2. The summed E-state index contributed by atoms with van der Waals surface area (Å²) in [6, 6.07) is 31.1. The van der Waals surface area contributed by atoms with Gasteiger partial charge >= 0.3 is 0 Å². The number of hydrogen-bond acceptors (Lipinski definition) is 12. The maximum atomic E-state index is 12.8. The summed E-state index contributed by atoms with van der Waals surface area (Å²) in [4.78, 5) is 25.3. The van der Waals surface area contributed by atoms with Gasteiger partial charge in [0.25, 0.3) is 11.8 Å². The number of hydrogen-bond donors (Lipinski definition) is 6. The second-order valence-electron chi connectivity index (χ2n) is 25.1. The number of aliphatic hydroxyl groups is 2. The molecule has 0 saturated carbocycles. The Kier molecular flexibility index (Phi) is 17.2. The van der Waals surface area contributed by atoms with Crippen molar-refractivity contribution in [1.29, 1.82) is 0 Å². The second-order valence-corrected chi connectivity index (χ2v) is 25.1. The summed E-state index contributed by atoms with van der Waals surface area (Å²) < 4.78 is 26.3. The van der Waals surface area contributed by atoms with Gasteiger partial charge in [-0.05, 0) is 148 Å². The minimum absolute atomic E-state index is 0.159. The number of carbonyl (C=O) groups is 2. The first-order valence-corrected chi connectivity index (χ1v) is 27.4. The fraction of sp³-hybridized carbons (Fsp3) is 0.394. The Morgan fingerprint density at radius 3 is 0.912 bits per heavy atom. The fourth-order valence-electron chi connectivity index (χ4n) is 9.68. The lowest BCUT2D eigenvalue weighted by Gasteiger charge is -2.28. The maximum absolute atomic E-state index is 12.8. The molecule has 6 aromatic rings. The van der Waals surface area contributed by atoms with Gasteiger partial charge in [-0.2, -0.15) is 10.2 Å². The number of aromatic hydroxyl groups is 2. The zero-order valence-electron chi connectivity index (χ0n) is 48.3. The number of benzene rings is 6. The molecule has 14 bridgehead atoms. The van der Waals surface area contributed by atoms with E-state index >= 15 is 0 Å². The number of rotatable bonds is 0. The van der Waals surface area contributed by atoms with E-state index in [0.29, 0.717) is 59.8 Å². The van der Waals surface area contributed by atoms with Crippen LogP contribution in [0.2, 0.25) is 0 Å². The topological polar surface area (TPSA) is 201 Å². The van der Waals surface area contributed by atoms with Crippen molar-refractivity contribution in [3.63, 3.8) is 0 Å². The van der Waals surface area contributed by atoms with Gasteiger partial charge in [0, 0.05) is 25.7 Å². The van der Waals surface area contributed by atoms with Crippen LogP contribution in [0.4, 0.5) is 0 Å². The summed E-state index contributed by atoms with van der Waals surface area (Å²) in [7, 11) is 0. The molecule has 0 spiro atoms. The van der Waals surface area contributed by atoms with Gasteiger partial charge in [-0.15, -0.1) is 0 Å². The molecule has 2 unspecified atom stereocenters. The van der Waals surface area contributed by atoms with Gasteiger partial charge in [0.15, 0.2) is 12.2 Å². The SMILES string of the molecule is CC(C)(C)c1cc2c(O)c(c1)Cc1cc(C(C)(C)C)cc3c1OCCOc1ccc(cc1)/C=N\NC(=O)C(O)C(O)C(=O)NN=Cc1ccc(cc1)OCCOc1c(cc(C(C)(C)C)cc1Cc1cc(C(C)(C)C)cc(c1O)C3)C2. The third-order valence-electron chi connectivity index (χ3n) is 14.6. The Bertz CT molecular complexity index is 2980. The largest absolute Gasteiger partial charge is 0.507 e. The average Bonchev–Trinajstić information content (AvgIpc) is 3.41. The summed E-state index contributed by atoms with van der Waals surface area (Å²) in [6.07, 6.45) is -0.217. The molecule has 14 nitrogen and oxygen atoms in total. The molecule has 2 amide bonds. The lowest BCUT2D eigenvalue weighted by atomic mass is 9.79. The highest BCUT2D eigenvalue weighted by atomic mass is 16.5. The van der Waals surface area contributed by atoms with E-state index in [1.165, 1.54) is 12.4 Å². The van der Waals surface area contributed by atoms with E-state index in [1.807, 2.05) is 0 Å². The summed E-state index contributed by atoms with van der Waals surface area (Å²) in [5.41, 5.74) is 15.2. The minimum atomic E-state index is -2.14. The highest BCUT2D eigenvalue weighted by Gasteiger charge is 2.31. The van der Waals surface area contributed by atoms with Crippen LogP contribution in [-0.2, 0) is 56.9 Å². The number of ether oxygens (including phenoxy) is 4. The smallest absolute Gasteiger partial charge is 0.272 e. The Balaban J connectivity index is 1.30. The summed E-state index contributed by atoms with van der Waals surface area (Å²) >= 11 is 0. The molecule has 0 aromatic heterocycles. The van der Waals surface area contributed by atoms with Crippen molar-refractivity contribution < 1.29 is 49.0 Å². The van der Waals surface area contributed by atoms with Crippen molar-refractivity contribution in [2.24, 2.45) is 10.2 Å². The van der Waals surface area contributed by atoms with Crippen molar-refractivity contribution in [3.8, 4) is 34.5 Å². The number of phenolic OH excluding ortho intramolecular Hbond substituents is 2. The second kappa shape index (κ2) is 23.6. The molecule has 2 atom stereocenters. The van der Waals surface area contributed by atoms with Gasteiger partial charge in [-0.25, -0.2) is 10.9 Å². The van der Waals surface area contributed by atoms with Gasteiger partial charge in [0.1, 0.15) is 60.9 Å². The van der Waals surface area contributed by atoms with Crippen LogP contribution in [0.25, 0.3) is 0 Å². The molecule has 14 heteroatoms. The number of nitrogens with one attached hydrogen (secondary N) is 2. The predicted octanol–water partition coefficient (Wildman–Crippen LogP) is 10.5. The van der Waals surface area contributed by atoms with Crippen molar-refractivity contribution in [2.45, 2.75) is 143 Å². The van der Waals surface area contributed by atoms with E-state index in [0.717, 1.165) is 66.8 Å². The molecule has 5 heterocycles.